The van der Waals surface area contributed by atoms with Gasteiger partial charge in [-0.25, -0.2) is 0 Å². The van der Waals surface area contributed by atoms with Crippen LogP contribution in [0, 0.1) is 0 Å². The molecule has 7 unspecified atom stereocenters. The first-order valence-electron chi connectivity index (χ1n) is 34.9. The summed E-state index contributed by atoms with van der Waals surface area (Å²) in [6, 6.07) is -0.827. The Kier molecular flexibility index (Phi) is 57.1. The quantitative estimate of drug-likeness (QED) is 0.0195. The van der Waals surface area contributed by atoms with E-state index in [1.165, 1.54) is 238 Å². The van der Waals surface area contributed by atoms with Gasteiger partial charge >= 0.3 is 5.97 Å². The summed E-state index contributed by atoms with van der Waals surface area (Å²) in [6.45, 7) is 4.30. The summed E-state index contributed by atoms with van der Waals surface area (Å²) in [6.07, 6.45) is 68.4. The maximum Gasteiger partial charge on any atom is 0.305 e. The van der Waals surface area contributed by atoms with Crippen LogP contribution in [0.2, 0.25) is 0 Å². The number of hydrogen-bond donors (Lipinski definition) is 6. The average Bonchev–Trinajstić information content (AvgIpc) is 3.48. The first-order chi connectivity index (χ1) is 40.2. The molecule has 7 atom stereocenters. The van der Waals surface area contributed by atoms with Crippen LogP contribution in [0.5, 0.6) is 0 Å². The second kappa shape index (κ2) is 60.3. The number of aliphatic hydroxyl groups is 5. The zero-order valence-corrected chi connectivity index (χ0v) is 53.2. The third-order valence-electron chi connectivity index (χ3n) is 16.4. The van der Waals surface area contributed by atoms with Gasteiger partial charge in [0.1, 0.15) is 24.4 Å². The number of rotatable bonds is 61. The molecule has 0 aromatic carbocycles. The molecule has 1 fully saturated rings. The first kappa shape index (κ1) is 77.6. The van der Waals surface area contributed by atoms with Crippen molar-refractivity contribution >= 4 is 11.9 Å². The highest BCUT2D eigenvalue weighted by Crippen LogP contribution is 2.23. The van der Waals surface area contributed by atoms with E-state index in [4.69, 9.17) is 14.2 Å². The van der Waals surface area contributed by atoms with Gasteiger partial charge in [0.15, 0.2) is 6.29 Å². The molecule has 0 bridgehead atoms. The Labute approximate surface area is 504 Å². The fraction of sp³-hybridized carbons (Fsp3) is 0.859. The molecule has 11 heteroatoms. The lowest BCUT2D eigenvalue weighted by atomic mass is 9.99. The van der Waals surface area contributed by atoms with E-state index in [1.807, 2.05) is 6.08 Å². The summed E-state index contributed by atoms with van der Waals surface area (Å²) in [5.74, 6) is -0.189. The van der Waals surface area contributed by atoms with Gasteiger partial charge in [0.2, 0.25) is 5.91 Å². The van der Waals surface area contributed by atoms with Crippen molar-refractivity contribution in [3.63, 3.8) is 0 Å². The van der Waals surface area contributed by atoms with E-state index in [-0.39, 0.29) is 18.5 Å². The Balaban J connectivity index is 1.93. The highest BCUT2D eigenvalue weighted by atomic mass is 16.7. The maximum absolute atomic E-state index is 13.0. The van der Waals surface area contributed by atoms with Crippen LogP contribution >= 0.6 is 0 Å². The monoisotopic (exact) mass is 1160 g/mol. The van der Waals surface area contributed by atoms with Gasteiger partial charge in [0.25, 0.3) is 0 Å². The maximum atomic E-state index is 13.0. The van der Waals surface area contributed by atoms with Crippen LogP contribution < -0.4 is 5.32 Å². The molecule has 480 valence electrons. The van der Waals surface area contributed by atoms with Gasteiger partial charge in [-0.3, -0.25) is 9.59 Å². The van der Waals surface area contributed by atoms with Crippen molar-refractivity contribution in [1.29, 1.82) is 0 Å². The van der Waals surface area contributed by atoms with Crippen molar-refractivity contribution in [2.24, 2.45) is 0 Å². The van der Waals surface area contributed by atoms with Crippen LogP contribution in [0.15, 0.2) is 48.6 Å². The van der Waals surface area contributed by atoms with E-state index in [9.17, 15) is 35.1 Å². The van der Waals surface area contributed by atoms with Gasteiger partial charge in [-0.15, -0.1) is 0 Å². The molecule has 0 aromatic rings. The second-order valence-corrected chi connectivity index (χ2v) is 24.2. The standard InChI is InChI=1S/C71H131NO10/c1-3-5-7-9-11-13-14-15-16-33-36-39-43-47-51-55-59-67(76)80-60-56-52-48-44-40-37-34-31-29-27-25-23-21-19-17-18-20-22-24-26-28-30-32-35-38-42-46-50-54-58-66(75)72-63(64(74)57-53-49-45-41-12-10-8-6-4-2)62-81-71-70(79)69(78)68(77)65(61-73)82-71/h12,17,19,23,25,41,53,57,63-65,68-71,73-74,77-79H,3-11,13-16,18,20-22,24,26-40,42-52,54-56,58-62H2,1-2H3,(H,72,75)/b19-17-,25-23-,41-12+,57-53+. The third-order valence-corrected chi connectivity index (χ3v) is 16.4. The summed E-state index contributed by atoms with van der Waals surface area (Å²) < 4.78 is 16.7. The van der Waals surface area contributed by atoms with Crippen molar-refractivity contribution in [3.05, 3.63) is 48.6 Å². The second-order valence-electron chi connectivity index (χ2n) is 24.2. The Morgan fingerprint density at radius 2 is 0.829 bits per heavy atom. The van der Waals surface area contributed by atoms with Crippen LogP contribution in [0.1, 0.15) is 328 Å². The van der Waals surface area contributed by atoms with Gasteiger partial charge in [-0.05, 0) is 77.0 Å². The number of amides is 1. The molecule has 1 aliphatic rings. The molecule has 1 heterocycles. The Bertz CT molecular complexity index is 1500. The lowest BCUT2D eigenvalue weighted by molar-refractivity contribution is -0.302. The number of carbonyl (C=O) groups excluding carboxylic acids is 2. The fourth-order valence-corrected chi connectivity index (χ4v) is 10.9. The lowest BCUT2D eigenvalue weighted by Gasteiger charge is -2.40. The van der Waals surface area contributed by atoms with E-state index in [0.29, 0.717) is 19.4 Å². The van der Waals surface area contributed by atoms with Gasteiger partial charge in [-0.1, -0.05) is 287 Å². The molecule has 1 rings (SSSR count). The van der Waals surface area contributed by atoms with Crippen LogP contribution in [0.3, 0.4) is 0 Å². The molecule has 0 aliphatic carbocycles. The average molecular weight is 1160 g/mol. The third kappa shape index (κ3) is 48.8. The highest BCUT2D eigenvalue weighted by Gasteiger charge is 2.44. The largest absolute Gasteiger partial charge is 0.466 e. The van der Waals surface area contributed by atoms with Crippen LogP contribution in [0.25, 0.3) is 0 Å². The fourth-order valence-electron chi connectivity index (χ4n) is 10.9. The molecule has 82 heavy (non-hydrogen) atoms. The minimum Gasteiger partial charge on any atom is -0.466 e. The Morgan fingerprint density at radius 3 is 1.30 bits per heavy atom. The Hall–Kier alpha value is -2.38. The summed E-state index contributed by atoms with van der Waals surface area (Å²) in [5, 5.41) is 54.2. The highest BCUT2D eigenvalue weighted by molar-refractivity contribution is 5.76. The van der Waals surface area contributed by atoms with Crippen LogP contribution in [-0.2, 0) is 23.8 Å². The molecule has 0 radical (unpaired) electrons. The predicted octanol–water partition coefficient (Wildman–Crippen LogP) is 17.6. The first-order valence-corrected chi connectivity index (χ1v) is 34.9. The summed E-state index contributed by atoms with van der Waals surface area (Å²) in [4.78, 5) is 25.1. The van der Waals surface area contributed by atoms with Crippen molar-refractivity contribution in [2.75, 3.05) is 19.8 Å². The van der Waals surface area contributed by atoms with E-state index < -0.39 is 49.5 Å². The molecule has 11 nitrogen and oxygen atoms in total. The lowest BCUT2D eigenvalue weighted by Crippen LogP contribution is -2.60. The Morgan fingerprint density at radius 1 is 0.451 bits per heavy atom. The number of ether oxygens (including phenoxy) is 3. The molecular formula is C71H131NO10. The number of nitrogens with one attached hydrogen (secondary N) is 1. The van der Waals surface area contributed by atoms with Gasteiger partial charge < -0.3 is 45.1 Å². The summed E-state index contributed by atoms with van der Waals surface area (Å²) >= 11 is 0. The molecule has 1 aliphatic heterocycles. The van der Waals surface area contributed by atoms with Crippen molar-refractivity contribution in [3.8, 4) is 0 Å². The number of allylic oxidation sites excluding steroid dienone is 7. The van der Waals surface area contributed by atoms with E-state index in [1.54, 1.807) is 6.08 Å². The van der Waals surface area contributed by atoms with E-state index >= 15 is 0 Å². The molecule has 0 spiro atoms. The predicted molar refractivity (Wildman–Crippen MR) is 343 cm³/mol. The molecule has 1 amide bonds. The molecular weight excluding hydrogens is 1030 g/mol. The van der Waals surface area contributed by atoms with Gasteiger partial charge in [0, 0.05) is 12.8 Å². The van der Waals surface area contributed by atoms with Gasteiger partial charge in [-0.2, -0.15) is 0 Å². The topological polar surface area (TPSA) is 175 Å². The number of carbonyl (C=O) groups is 2. The molecule has 0 aromatic heterocycles. The van der Waals surface area contributed by atoms with Crippen molar-refractivity contribution in [1.82, 2.24) is 5.32 Å². The van der Waals surface area contributed by atoms with Crippen LogP contribution in [-0.4, -0.2) is 100 Å². The summed E-state index contributed by atoms with van der Waals surface area (Å²) in [5.41, 5.74) is 0. The molecule has 0 saturated carbocycles. The zero-order valence-electron chi connectivity index (χ0n) is 53.2. The normalized spacial score (nSPS) is 18.5. The minimum atomic E-state index is -1.58. The van der Waals surface area contributed by atoms with E-state index in [0.717, 1.165) is 64.2 Å². The number of hydrogen-bond acceptors (Lipinski definition) is 10. The number of unbranched alkanes of at least 4 members (excludes halogenated alkanes) is 41. The minimum absolute atomic E-state index is 0.00648. The summed E-state index contributed by atoms with van der Waals surface area (Å²) in [7, 11) is 0. The molecule has 6 N–H and O–H groups in total. The number of esters is 1. The van der Waals surface area contributed by atoms with Crippen molar-refractivity contribution in [2.45, 2.75) is 371 Å². The number of aliphatic hydroxyl groups excluding tert-OH is 5. The smallest absolute Gasteiger partial charge is 0.305 e. The van der Waals surface area contributed by atoms with E-state index in [2.05, 4.69) is 55.6 Å². The zero-order chi connectivity index (χ0) is 59.5. The van der Waals surface area contributed by atoms with Gasteiger partial charge in [0.05, 0.1) is 32.0 Å². The van der Waals surface area contributed by atoms with Crippen molar-refractivity contribution < 1.29 is 49.3 Å². The van der Waals surface area contributed by atoms with Crippen LogP contribution in [0.4, 0.5) is 0 Å². The molecule has 1 saturated heterocycles. The SMILES string of the molecule is CCCCC/C=C/CC/C=C/C(O)C(COC1OC(CO)C(O)C(O)C1O)NC(=O)CCCCCCCCCCCCCCC/C=C\C/C=C\CCCCCCCCCCCOC(=O)CCCCCCCCCCCCCCCCCC.